The smallest absolute Gasteiger partial charge is 0.149 e. The van der Waals surface area contributed by atoms with E-state index in [0.717, 1.165) is 13.1 Å². The molecule has 2 saturated heterocycles. The van der Waals surface area contributed by atoms with E-state index in [1.807, 2.05) is 0 Å². The minimum atomic E-state index is -0.0880. The van der Waals surface area contributed by atoms with Gasteiger partial charge in [-0.25, -0.2) is 5.48 Å². The van der Waals surface area contributed by atoms with Crippen LogP contribution in [0.1, 0.15) is 6.92 Å². The van der Waals surface area contributed by atoms with Crippen LogP contribution in [-0.4, -0.2) is 31.0 Å². The van der Waals surface area contributed by atoms with Crippen molar-refractivity contribution in [2.75, 3.05) is 13.1 Å². The van der Waals surface area contributed by atoms with Gasteiger partial charge in [-0.1, -0.05) is 0 Å². The molecule has 0 aromatic heterocycles. The van der Waals surface area contributed by atoms with E-state index >= 15 is 0 Å². The summed E-state index contributed by atoms with van der Waals surface area (Å²) in [7, 11) is 0. The summed E-state index contributed by atoms with van der Waals surface area (Å²) in [6, 6.07) is -0.0880. The maximum atomic E-state index is 11.0. The summed E-state index contributed by atoms with van der Waals surface area (Å²) in [6.45, 7) is 3.35. The molecule has 0 amide bonds. The fourth-order valence-electron chi connectivity index (χ4n) is 1.76. The Bertz CT molecular complexity index is 183. The van der Waals surface area contributed by atoms with Gasteiger partial charge in [0.05, 0.1) is 6.04 Å². The third-order valence-electron chi connectivity index (χ3n) is 2.40. The number of rotatable bonds is 1. The molecular weight excluding hydrogens is 144 g/mol. The van der Waals surface area contributed by atoms with Gasteiger partial charge >= 0.3 is 0 Å². The van der Waals surface area contributed by atoms with E-state index in [9.17, 15) is 4.79 Å². The van der Waals surface area contributed by atoms with Crippen molar-refractivity contribution in [3.05, 3.63) is 0 Å². The quantitative estimate of drug-likeness (QED) is 0.515. The number of ketones is 1. The van der Waals surface area contributed by atoms with E-state index in [4.69, 9.17) is 4.84 Å². The Morgan fingerprint density at radius 2 is 2.36 bits per heavy atom. The van der Waals surface area contributed by atoms with Crippen molar-refractivity contribution in [3.63, 3.8) is 0 Å². The van der Waals surface area contributed by atoms with Crippen molar-refractivity contribution >= 4 is 5.78 Å². The van der Waals surface area contributed by atoms with Crippen LogP contribution < -0.4 is 10.8 Å². The molecule has 2 rings (SSSR count). The Morgan fingerprint density at radius 3 is 3.09 bits per heavy atom. The van der Waals surface area contributed by atoms with Gasteiger partial charge in [-0.3, -0.25) is 9.63 Å². The highest BCUT2D eigenvalue weighted by molar-refractivity contribution is 5.82. The van der Waals surface area contributed by atoms with Crippen LogP contribution in [0.2, 0.25) is 0 Å². The van der Waals surface area contributed by atoms with E-state index < -0.39 is 0 Å². The van der Waals surface area contributed by atoms with Gasteiger partial charge in [0.25, 0.3) is 0 Å². The first-order chi connectivity index (χ1) is 5.29. The second-order valence-electron chi connectivity index (χ2n) is 3.19. The van der Waals surface area contributed by atoms with Crippen LogP contribution in [0.3, 0.4) is 0 Å². The maximum absolute atomic E-state index is 11.0. The number of carbonyl (C=O) groups excluding carboxylic acids is 1. The van der Waals surface area contributed by atoms with Crippen LogP contribution in [0.15, 0.2) is 0 Å². The van der Waals surface area contributed by atoms with Gasteiger partial charge in [-0.15, -0.1) is 0 Å². The highest BCUT2D eigenvalue weighted by Gasteiger charge is 2.42. The average Bonchev–Trinajstić information content (AvgIpc) is 2.41. The first-order valence-corrected chi connectivity index (χ1v) is 3.91. The predicted molar refractivity (Wildman–Crippen MR) is 38.8 cm³/mol. The van der Waals surface area contributed by atoms with Gasteiger partial charge in [-0.2, -0.15) is 0 Å². The standard InChI is InChI=1S/C7H12N2O2/c1-4(10)6-7-5(2-8-6)3-9-11-7/h5-9H,2-3H2,1H3. The molecular formula is C7H12N2O2. The minimum absolute atomic E-state index is 0.0625. The molecule has 62 valence electrons. The summed E-state index contributed by atoms with van der Waals surface area (Å²) in [4.78, 5) is 16.2. The van der Waals surface area contributed by atoms with E-state index in [-0.39, 0.29) is 17.9 Å². The lowest BCUT2D eigenvalue weighted by Gasteiger charge is -2.12. The van der Waals surface area contributed by atoms with Gasteiger partial charge < -0.3 is 5.32 Å². The molecule has 0 aromatic rings. The molecule has 2 heterocycles. The zero-order valence-electron chi connectivity index (χ0n) is 6.46. The fourth-order valence-corrected chi connectivity index (χ4v) is 1.76. The molecule has 0 aliphatic carbocycles. The van der Waals surface area contributed by atoms with E-state index in [0.29, 0.717) is 5.92 Å². The normalized spacial score (nSPS) is 42.5. The highest BCUT2D eigenvalue weighted by Crippen LogP contribution is 2.21. The SMILES string of the molecule is CC(=O)C1NCC2CNOC21. The van der Waals surface area contributed by atoms with Crippen LogP contribution in [0, 0.1) is 5.92 Å². The molecule has 2 fully saturated rings. The van der Waals surface area contributed by atoms with Crippen LogP contribution in [0.5, 0.6) is 0 Å². The summed E-state index contributed by atoms with van der Waals surface area (Å²) in [5, 5.41) is 3.14. The average molecular weight is 156 g/mol. The Hall–Kier alpha value is -0.450. The molecule has 0 radical (unpaired) electrons. The van der Waals surface area contributed by atoms with Gasteiger partial charge in [0, 0.05) is 19.0 Å². The number of hydrogen-bond acceptors (Lipinski definition) is 4. The topological polar surface area (TPSA) is 50.4 Å². The van der Waals surface area contributed by atoms with Crippen LogP contribution in [-0.2, 0) is 9.63 Å². The van der Waals surface area contributed by atoms with Crippen LogP contribution in [0.25, 0.3) is 0 Å². The molecule has 2 N–H and O–H groups in total. The molecule has 0 bridgehead atoms. The van der Waals surface area contributed by atoms with Crippen molar-refractivity contribution < 1.29 is 9.63 Å². The Morgan fingerprint density at radius 1 is 1.55 bits per heavy atom. The third-order valence-corrected chi connectivity index (χ3v) is 2.40. The number of hydrogen-bond donors (Lipinski definition) is 2. The fraction of sp³-hybridized carbons (Fsp3) is 0.857. The zero-order valence-corrected chi connectivity index (χ0v) is 6.46. The van der Waals surface area contributed by atoms with E-state index in [2.05, 4.69) is 10.8 Å². The lowest BCUT2D eigenvalue weighted by atomic mass is 10.0. The Balaban J connectivity index is 2.08. The second kappa shape index (κ2) is 2.55. The maximum Gasteiger partial charge on any atom is 0.149 e. The Kier molecular flexibility index (Phi) is 1.67. The first kappa shape index (κ1) is 7.21. The summed E-state index contributed by atoms with van der Waals surface area (Å²) < 4.78 is 0. The molecule has 3 unspecified atom stereocenters. The lowest BCUT2D eigenvalue weighted by Crippen LogP contribution is -2.38. The molecule has 11 heavy (non-hydrogen) atoms. The molecule has 4 nitrogen and oxygen atoms in total. The first-order valence-electron chi connectivity index (χ1n) is 3.91. The summed E-state index contributed by atoms with van der Waals surface area (Å²) >= 11 is 0. The van der Waals surface area contributed by atoms with Crippen molar-refractivity contribution in [1.29, 1.82) is 0 Å². The van der Waals surface area contributed by atoms with Crippen molar-refractivity contribution in [2.45, 2.75) is 19.1 Å². The number of fused-ring (bicyclic) bond motifs is 1. The van der Waals surface area contributed by atoms with Gasteiger partial charge in [0.15, 0.2) is 0 Å². The number of Topliss-reactive ketones (excluding diaryl/α,β-unsaturated/α-hetero) is 1. The largest absolute Gasteiger partial charge is 0.305 e. The van der Waals surface area contributed by atoms with E-state index in [1.54, 1.807) is 6.92 Å². The summed E-state index contributed by atoms with van der Waals surface area (Å²) in [5.41, 5.74) is 2.82. The lowest BCUT2D eigenvalue weighted by molar-refractivity contribution is -0.122. The minimum Gasteiger partial charge on any atom is -0.305 e. The molecule has 0 aromatic carbocycles. The third kappa shape index (κ3) is 1.07. The molecule has 2 aliphatic rings. The molecule has 4 heteroatoms. The van der Waals surface area contributed by atoms with Crippen molar-refractivity contribution in [3.8, 4) is 0 Å². The summed E-state index contributed by atoms with van der Waals surface area (Å²) in [6.07, 6.45) is 0.0625. The predicted octanol–water partition coefficient (Wildman–Crippen LogP) is -0.933. The molecule has 0 saturated carbocycles. The number of hydroxylamine groups is 1. The monoisotopic (exact) mass is 156 g/mol. The zero-order chi connectivity index (χ0) is 7.84. The van der Waals surface area contributed by atoms with Crippen LogP contribution in [0.4, 0.5) is 0 Å². The van der Waals surface area contributed by atoms with Gasteiger partial charge in [0.2, 0.25) is 0 Å². The molecule has 2 aliphatic heterocycles. The van der Waals surface area contributed by atoms with Gasteiger partial charge in [0.1, 0.15) is 11.9 Å². The number of nitrogens with one attached hydrogen (secondary N) is 2. The second-order valence-corrected chi connectivity index (χ2v) is 3.19. The molecule has 3 atom stereocenters. The number of carbonyl (C=O) groups is 1. The summed E-state index contributed by atoms with van der Waals surface area (Å²) in [5.74, 6) is 0.644. The van der Waals surface area contributed by atoms with E-state index in [1.165, 1.54) is 0 Å². The van der Waals surface area contributed by atoms with Crippen LogP contribution >= 0.6 is 0 Å². The van der Waals surface area contributed by atoms with Crippen molar-refractivity contribution in [1.82, 2.24) is 10.8 Å². The van der Waals surface area contributed by atoms with Crippen molar-refractivity contribution in [2.24, 2.45) is 5.92 Å². The Labute approximate surface area is 65.2 Å². The van der Waals surface area contributed by atoms with Gasteiger partial charge in [-0.05, 0) is 6.92 Å². The highest BCUT2D eigenvalue weighted by atomic mass is 16.7. The molecule has 0 spiro atoms.